The Labute approximate surface area is 233 Å². The molecule has 2 N–H and O–H groups in total. The van der Waals surface area contributed by atoms with Gasteiger partial charge in [0.25, 0.3) is 0 Å². The van der Waals surface area contributed by atoms with E-state index in [0.717, 1.165) is 36.5 Å². The molecule has 2 aliphatic rings. The number of benzene rings is 1. The van der Waals surface area contributed by atoms with Gasteiger partial charge >= 0.3 is 0 Å². The fraction of sp³-hybridized carbons (Fsp3) is 0.469. The Balaban J connectivity index is 1.41. The molecule has 1 saturated heterocycles. The van der Waals surface area contributed by atoms with Crippen LogP contribution in [-0.4, -0.2) is 35.0 Å². The van der Waals surface area contributed by atoms with Crippen molar-refractivity contribution in [2.45, 2.75) is 70.3 Å². The molecule has 8 heteroatoms. The van der Waals surface area contributed by atoms with E-state index in [4.69, 9.17) is 10.5 Å². The van der Waals surface area contributed by atoms with Gasteiger partial charge in [-0.25, -0.2) is 18.2 Å². The lowest BCUT2D eigenvalue weighted by Gasteiger charge is -2.36. The highest BCUT2D eigenvalue weighted by atomic mass is 19.1. The number of pyridine rings is 2. The molecule has 1 saturated carbocycles. The summed E-state index contributed by atoms with van der Waals surface area (Å²) in [5.74, 6) is -1.90. The van der Waals surface area contributed by atoms with Crippen molar-refractivity contribution < 1.29 is 22.7 Å². The van der Waals surface area contributed by atoms with E-state index in [9.17, 15) is 9.18 Å². The van der Waals surface area contributed by atoms with Crippen molar-refractivity contribution in [2.75, 3.05) is 13.2 Å². The molecular weight excluding hydrogens is 515 g/mol. The average Bonchev–Trinajstić information content (AvgIpc) is 2.94. The molecular formula is C32H36F3N3O2. The van der Waals surface area contributed by atoms with Crippen molar-refractivity contribution in [3.05, 3.63) is 82.6 Å². The van der Waals surface area contributed by atoms with Crippen LogP contribution < -0.4 is 5.73 Å². The number of carbonyl (C=O) groups is 1. The monoisotopic (exact) mass is 551 g/mol. The van der Waals surface area contributed by atoms with E-state index >= 15 is 8.78 Å². The van der Waals surface area contributed by atoms with Crippen LogP contribution in [0.3, 0.4) is 0 Å². The fourth-order valence-electron chi connectivity index (χ4n) is 6.31. The second-order valence-electron chi connectivity index (χ2n) is 11.6. The smallest absolute Gasteiger partial charge is 0.185 e. The number of hydrogen-bond donors (Lipinski definition) is 1. The molecule has 212 valence electrons. The Kier molecular flexibility index (Phi) is 8.66. The SMILES string of the molecule is CC(C)[C@@H]1C[C@H](N)C[C@H](c2ccncc2CC(=O)c2ccc(F)c(-c3c(F)cc(C4CCOCC4)cc3F)n2)C1. The van der Waals surface area contributed by atoms with E-state index in [1.165, 1.54) is 18.2 Å². The lowest BCUT2D eigenvalue weighted by atomic mass is 9.71. The highest BCUT2D eigenvalue weighted by Crippen LogP contribution is 2.40. The van der Waals surface area contributed by atoms with Crippen LogP contribution >= 0.6 is 0 Å². The predicted octanol–water partition coefficient (Wildman–Crippen LogP) is 6.75. The molecule has 2 fully saturated rings. The van der Waals surface area contributed by atoms with Crippen LogP contribution in [0, 0.1) is 29.3 Å². The molecule has 0 amide bonds. The molecule has 5 nitrogen and oxygen atoms in total. The molecule has 3 atom stereocenters. The van der Waals surface area contributed by atoms with Crippen molar-refractivity contribution in [1.82, 2.24) is 9.97 Å². The highest BCUT2D eigenvalue weighted by molar-refractivity contribution is 5.96. The summed E-state index contributed by atoms with van der Waals surface area (Å²) in [5.41, 5.74) is 7.58. The zero-order chi connectivity index (χ0) is 28.4. The lowest BCUT2D eigenvalue weighted by molar-refractivity contribution is 0.0852. The summed E-state index contributed by atoms with van der Waals surface area (Å²) in [4.78, 5) is 21.7. The molecule has 1 aliphatic carbocycles. The van der Waals surface area contributed by atoms with E-state index < -0.39 is 28.7 Å². The van der Waals surface area contributed by atoms with E-state index in [1.54, 1.807) is 12.4 Å². The molecule has 40 heavy (non-hydrogen) atoms. The Hall–Kier alpha value is -3.10. The molecule has 0 bridgehead atoms. The van der Waals surface area contributed by atoms with Gasteiger partial charge in [-0.15, -0.1) is 0 Å². The number of ketones is 1. The third-order valence-corrected chi connectivity index (χ3v) is 8.58. The van der Waals surface area contributed by atoms with Crippen molar-refractivity contribution in [2.24, 2.45) is 17.6 Å². The standard InChI is InChI=1S/C32H36F3N3O2/c1-18(2)20-11-22(13-24(36)12-20)25-5-8-37-17-23(25)16-30(39)29-4-3-26(33)32(38-29)31-27(34)14-21(15-28(31)35)19-6-9-40-10-7-19/h3-5,8,14-15,17-20,22,24H,6-7,9-13,16,36H2,1-2H3/t20-,22+,24-/m0/s1. The largest absolute Gasteiger partial charge is 0.381 e. The Morgan fingerprint density at radius 3 is 2.42 bits per heavy atom. The normalized spacial score (nSPS) is 22.0. The average molecular weight is 552 g/mol. The zero-order valence-electron chi connectivity index (χ0n) is 23.0. The summed E-state index contributed by atoms with van der Waals surface area (Å²) < 4.78 is 50.6. The van der Waals surface area contributed by atoms with Crippen LogP contribution in [0.4, 0.5) is 13.2 Å². The first kappa shape index (κ1) is 28.4. The van der Waals surface area contributed by atoms with Gasteiger partial charge in [-0.1, -0.05) is 13.8 Å². The molecule has 2 aromatic heterocycles. The minimum Gasteiger partial charge on any atom is -0.381 e. The van der Waals surface area contributed by atoms with E-state index in [-0.39, 0.29) is 35.8 Å². The second kappa shape index (κ2) is 12.2. The summed E-state index contributed by atoms with van der Waals surface area (Å²) >= 11 is 0. The molecule has 5 rings (SSSR count). The summed E-state index contributed by atoms with van der Waals surface area (Å²) in [7, 11) is 0. The summed E-state index contributed by atoms with van der Waals surface area (Å²) in [6, 6.07) is 6.81. The predicted molar refractivity (Wildman–Crippen MR) is 148 cm³/mol. The number of Topliss-reactive ketones (excluding diaryl/α,β-unsaturated/α-hetero) is 1. The van der Waals surface area contributed by atoms with Crippen LogP contribution in [0.25, 0.3) is 11.3 Å². The van der Waals surface area contributed by atoms with Gasteiger partial charge in [-0.05, 0) is 103 Å². The quantitative estimate of drug-likeness (QED) is 0.329. The molecule has 1 aromatic carbocycles. The van der Waals surface area contributed by atoms with E-state index in [0.29, 0.717) is 43.5 Å². The Morgan fingerprint density at radius 1 is 1.00 bits per heavy atom. The molecule has 0 spiro atoms. The fourth-order valence-corrected chi connectivity index (χ4v) is 6.31. The zero-order valence-corrected chi connectivity index (χ0v) is 23.0. The van der Waals surface area contributed by atoms with Crippen molar-refractivity contribution in [3.8, 4) is 11.3 Å². The summed E-state index contributed by atoms with van der Waals surface area (Å²) in [6.45, 7) is 5.47. The van der Waals surface area contributed by atoms with Crippen LogP contribution in [0.1, 0.15) is 85.0 Å². The van der Waals surface area contributed by atoms with Gasteiger partial charge in [-0.3, -0.25) is 9.78 Å². The molecule has 3 aromatic rings. The van der Waals surface area contributed by atoms with Gasteiger partial charge < -0.3 is 10.5 Å². The van der Waals surface area contributed by atoms with Crippen LogP contribution in [0.15, 0.2) is 42.7 Å². The van der Waals surface area contributed by atoms with Crippen LogP contribution in [0.5, 0.6) is 0 Å². The van der Waals surface area contributed by atoms with Gasteiger partial charge in [0.15, 0.2) is 5.78 Å². The van der Waals surface area contributed by atoms with E-state index in [2.05, 4.69) is 23.8 Å². The highest BCUT2D eigenvalue weighted by Gasteiger charge is 2.31. The van der Waals surface area contributed by atoms with Crippen molar-refractivity contribution in [3.63, 3.8) is 0 Å². The van der Waals surface area contributed by atoms with Gasteiger partial charge in [0.05, 0.1) is 5.56 Å². The summed E-state index contributed by atoms with van der Waals surface area (Å²) in [5, 5.41) is 0. The molecule has 1 aliphatic heterocycles. The van der Waals surface area contributed by atoms with Gasteiger partial charge in [0.1, 0.15) is 28.8 Å². The maximum absolute atomic E-state index is 15.2. The number of aromatic nitrogens is 2. The minimum absolute atomic E-state index is 0.00696. The Morgan fingerprint density at radius 2 is 1.73 bits per heavy atom. The third kappa shape index (κ3) is 6.13. The molecule has 0 unspecified atom stereocenters. The number of rotatable bonds is 7. The first-order valence-electron chi connectivity index (χ1n) is 14.2. The lowest BCUT2D eigenvalue weighted by Crippen LogP contribution is -2.34. The van der Waals surface area contributed by atoms with Gasteiger partial charge in [-0.2, -0.15) is 0 Å². The Bertz CT molecular complexity index is 1350. The molecule has 3 heterocycles. The number of ether oxygens (including phenoxy) is 1. The van der Waals surface area contributed by atoms with Crippen molar-refractivity contribution in [1.29, 1.82) is 0 Å². The summed E-state index contributed by atoms with van der Waals surface area (Å²) in [6.07, 6.45) is 7.51. The maximum Gasteiger partial charge on any atom is 0.185 e. The second-order valence-corrected chi connectivity index (χ2v) is 11.6. The van der Waals surface area contributed by atoms with E-state index in [1.807, 2.05) is 6.07 Å². The van der Waals surface area contributed by atoms with Crippen LogP contribution in [-0.2, 0) is 11.2 Å². The van der Waals surface area contributed by atoms with Crippen LogP contribution in [0.2, 0.25) is 0 Å². The van der Waals surface area contributed by atoms with Gasteiger partial charge in [0.2, 0.25) is 0 Å². The number of nitrogens with two attached hydrogens (primary N) is 1. The van der Waals surface area contributed by atoms with Crippen molar-refractivity contribution >= 4 is 5.78 Å². The first-order valence-corrected chi connectivity index (χ1v) is 14.2. The van der Waals surface area contributed by atoms with Gasteiger partial charge in [0, 0.05) is 38.1 Å². The number of nitrogens with zero attached hydrogens (tertiary/aromatic N) is 2. The molecule has 0 radical (unpaired) electrons. The maximum atomic E-state index is 15.2. The minimum atomic E-state index is -0.902. The topological polar surface area (TPSA) is 78.1 Å². The number of carbonyl (C=O) groups excluding carboxylic acids is 1. The number of halogens is 3. The first-order chi connectivity index (χ1) is 19.2. The number of hydrogen-bond acceptors (Lipinski definition) is 5. The third-order valence-electron chi connectivity index (χ3n) is 8.58.